The number of H-pyrrole nitrogens is 1. The van der Waals surface area contributed by atoms with Crippen LogP contribution in [0.1, 0.15) is 18.5 Å². The van der Waals surface area contributed by atoms with Crippen molar-refractivity contribution >= 4 is 38.4 Å². The molecule has 1 aromatic heterocycles. The Bertz CT molecular complexity index is 1590. The van der Waals surface area contributed by atoms with Gasteiger partial charge >= 0.3 is 5.97 Å². The zero-order chi connectivity index (χ0) is 27.7. The average Bonchev–Trinajstić information content (AvgIpc) is 3.53. The first kappa shape index (κ1) is 26.1. The molecule has 4 aromatic rings. The number of aromatic nitrogens is 1. The number of benzene rings is 3. The maximum atomic E-state index is 13.3. The van der Waals surface area contributed by atoms with Crippen LogP contribution in [0.25, 0.3) is 32.4 Å². The van der Waals surface area contributed by atoms with E-state index >= 15 is 0 Å². The van der Waals surface area contributed by atoms with Crippen molar-refractivity contribution in [1.29, 1.82) is 0 Å². The topological polar surface area (TPSA) is 193 Å². The third-order valence-corrected chi connectivity index (χ3v) is 8.23. The first-order chi connectivity index (χ1) is 18.6. The first-order valence-electron chi connectivity index (χ1n) is 12.7. The van der Waals surface area contributed by atoms with Gasteiger partial charge in [-0.15, -0.1) is 0 Å². The maximum absolute atomic E-state index is 13.3. The minimum absolute atomic E-state index is 0.0117. The minimum Gasteiger partial charge on any atom is -0.422 e. The molecule has 206 valence electrons. The van der Waals surface area contributed by atoms with Gasteiger partial charge in [-0.25, -0.2) is 4.79 Å². The van der Waals surface area contributed by atoms with Gasteiger partial charge in [0.15, 0.2) is 11.9 Å². The van der Waals surface area contributed by atoms with E-state index in [1.807, 2.05) is 42.5 Å². The molecule has 7 atom stereocenters. The number of rotatable bonds is 5. The lowest BCUT2D eigenvalue weighted by Crippen LogP contribution is -2.63. The zero-order valence-electron chi connectivity index (χ0n) is 20.7. The molecule has 1 aliphatic carbocycles. The van der Waals surface area contributed by atoms with Gasteiger partial charge in [-0.2, -0.15) is 0 Å². The molecule has 0 spiro atoms. The molecule has 8 N–H and O–H groups in total. The lowest BCUT2D eigenvalue weighted by molar-refractivity contribution is -0.326. The number of aliphatic hydroxyl groups is 7. The van der Waals surface area contributed by atoms with Crippen LogP contribution in [0.3, 0.4) is 0 Å². The van der Waals surface area contributed by atoms with Crippen LogP contribution < -0.4 is 4.74 Å². The lowest BCUT2D eigenvalue weighted by atomic mass is 9.80. The van der Waals surface area contributed by atoms with E-state index in [0.29, 0.717) is 10.9 Å². The first-order valence-corrected chi connectivity index (χ1v) is 12.7. The Balaban J connectivity index is 1.39. The minimum atomic E-state index is -2.88. The molecule has 2 aliphatic rings. The van der Waals surface area contributed by atoms with Gasteiger partial charge in [0.25, 0.3) is 0 Å². The van der Waals surface area contributed by atoms with Crippen molar-refractivity contribution < 1.29 is 50.0 Å². The standard InChI is InChI=1S/C28H29NO10/c30-11-16-9-17(32)10-27(16,36)28(37)25(34)22(33)24(39-28)26(35)38-23-20(12-31)29-19-6-5-15-7-13-3-1-2-4-14(13)8-18(15)21(19)23/h1-8,16-17,22,24-25,29-34,36-37H,9-12H2. The van der Waals surface area contributed by atoms with E-state index in [9.17, 15) is 40.5 Å². The molecule has 3 aromatic carbocycles. The number of carbonyl (C=O) groups is 1. The Morgan fingerprint density at radius 2 is 1.74 bits per heavy atom. The molecule has 11 nitrogen and oxygen atoms in total. The summed E-state index contributed by atoms with van der Waals surface area (Å²) in [7, 11) is 0. The number of hydrogen-bond donors (Lipinski definition) is 8. The van der Waals surface area contributed by atoms with E-state index in [4.69, 9.17) is 9.47 Å². The summed E-state index contributed by atoms with van der Waals surface area (Å²) in [6.45, 7) is -1.16. The fourth-order valence-electron chi connectivity index (χ4n) is 6.19. The van der Waals surface area contributed by atoms with E-state index in [2.05, 4.69) is 4.98 Å². The Labute approximate surface area is 221 Å². The molecule has 0 radical (unpaired) electrons. The number of esters is 1. The molecule has 6 rings (SSSR count). The molecular weight excluding hydrogens is 510 g/mol. The van der Waals surface area contributed by atoms with E-state index < -0.39 is 67.3 Å². The molecule has 1 saturated carbocycles. The fraction of sp³-hybridized carbons (Fsp3) is 0.393. The number of nitrogens with one attached hydrogen (secondary N) is 1. The van der Waals surface area contributed by atoms with Gasteiger partial charge in [0.05, 0.1) is 29.3 Å². The molecule has 0 amide bonds. The highest BCUT2D eigenvalue weighted by Gasteiger charge is 2.70. The van der Waals surface area contributed by atoms with Crippen molar-refractivity contribution in [3.63, 3.8) is 0 Å². The van der Waals surface area contributed by atoms with Crippen LogP contribution in [0.2, 0.25) is 0 Å². The summed E-state index contributed by atoms with van der Waals surface area (Å²) in [5.74, 6) is -5.17. The van der Waals surface area contributed by atoms with Gasteiger partial charge in [-0.05, 0) is 46.2 Å². The third kappa shape index (κ3) is 3.78. The number of hydrogen-bond acceptors (Lipinski definition) is 10. The predicted molar refractivity (Wildman–Crippen MR) is 137 cm³/mol. The smallest absolute Gasteiger partial charge is 0.343 e. The molecular formula is C28H29NO10. The molecule has 2 heterocycles. The normalized spacial score (nSPS) is 32.9. The highest BCUT2D eigenvalue weighted by atomic mass is 16.7. The fourth-order valence-corrected chi connectivity index (χ4v) is 6.19. The SMILES string of the molecule is O=C(Oc1c(CO)[nH]c2ccc3cc4ccccc4cc3c12)C1OC(O)(C2(O)CC(O)CC2CO)C(O)C1O. The van der Waals surface area contributed by atoms with Crippen molar-refractivity contribution in [2.45, 2.75) is 55.3 Å². The van der Waals surface area contributed by atoms with E-state index in [-0.39, 0.29) is 17.9 Å². The van der Waals surface area contributed by atoms with E-state index in [0.717, 1.165) is 21.5 Å². The average molecular weight is 540 g/mol. The highest BCUT2D eigenvalue weighted by Crippen LogP contribution is 2.49. The van der Waals surface area contributed by atoms with Crippen molar-refractivity contribution in [2.75, 3.05) is 6.61 Å². The Morgan fingerprint density at radius 3 is 2.44 bits per heavy atom. The van der Waals surface area contributed by atoms with Crippen molar-refractivity contribution in [1.82, 2.24) is 4.98 Å². The van der Waals surface area contributed by atoms with Gasteiger partial charge in [0, 0.05) is 18.9 Å². The lowest BCUT2D eigenvalue weighted by Gasteiger charge is -2.42. The number of carbonyl (C=O) groups excluding carboxylic acids is 1. The summed E-state index contributed by atoms with van der Waals surface area (Å²) >= 11 is 0. The third-order valence-electron chi connectivity index (χ3n) is 8.23. The molecule has 1 saturated heterocycles. The van der Waals surface area contributed by atoms with Crippen molar-refractivity contribution in [2.24, 2.45) is 5.92 Å². The van der Waals surface area contributed by atoms with Crippen LogP contribution in [0.15, 0.2) is 48.5 Å². The summed E-state index contributed by atoms with van der Waals surface area (Å²) < 4.78 is 11.1. The zero-order valence-corrected chi connectivity index (χ0v) is 20.7. The Morgan fingerprint density at radius 1 is 1.03 bits per heavy atom. The number of aliphatic hydroxyl groups excluding tert-OH is 5. The molecule has 1 aliphatic heterocycles. The van der Waals surface area contributed by atoms with Crippen LogP contribution in [0, 0.1) is 5.92 Å². The second kappa shape index (κ2) is 9.22. The van der Waals surface area contributed by atoms with Gasteiger partial charge in [0.2, 0.25) is 5.79 Å². The number of ether oxygens (including phenoxy) is 2. The monoisotopic (exact) mass is 539 g/mol. The quantitative estimate of drug-likeness (QED) is 0.128. The van der Waals surface area contributed by atoms with Crippen LogP contribution in [0.4, 0.5) is 0 Å². The summed E-state index contributed by atoms with van der Waals surface area (Å²) in [6, 6.07) is 15.3. The van der Waals surface area contributed by atoms with Gasteiger partial charge in [0.1, 0.15) is 17.8 Å². The second-order valence-electron chi connectivity index (χ2n) is 10.5. The van der Waals surface area contributed by atoms with Gasteiger partial charge < -0.3 is 50.2 Å². The number of aromatic amines is 1. The summed E-state index contributed by atoms with van der Waals surface area (Å²) in [6.07, 6.45) is -7.76. The van der Waals surface area contributed by atoms with Crippen LogP contribution in [-0.4, -0.2) is 89.1 Å². The second-order valence-corrected chi connectivity index (χ2v) is 10.5. The van der Waals surface area contributed by atoms with Crippen LogP contribution >= 0.6 is 0 Å². The summed E-state index contributed by atoms with van der Waals surface area (Å²) in [4.78, 5) is 16.4. The number of fused-ring (bicyclic) bond motifs is 4. The Kier molecular flexibility index (Phi) is 6.17. The van der Waals surface area contributed by atoms with Gasteiger partial charge in [-0.1, -0.05) is 30.3 Å². The molecule has 0 bridgehead atoms. The van der Waals surface area contributed by atoms with Crippen LogP contribution in [0.5, 0.6) is 5.75 Å². The van der Waals surface area contributed by atoms with Crippen LogP contribution in [-0.2, 0) is 16.1 Å². The maximum Gasteiger partial charge on any atom is 0.343 e. The molecule has 7 unspecified atom stereocenters. The van der Waals surface area contributed by atoms with Crippen molar-refractivity contribution in [3.05, 3.63) is 54.2 Å². The molecule has 39 heavy (non-hydrogen) atoms. The highest BCUT2D eigenvalue weighted by molar-refractivity contribution is 6.14. The van der Waals surface area contributed by atoms with E-state index in [1.54, 1.807) is 6.07 Å². The molecule has 2 fully saturated rings. The van der Waals surface area contributed by atoms with Gasteiger partial charge in [-0.3, -0.25) is 0 Å². The predicted octanol–water partition coefficient (Wildman–Crippen LogP) is 0.175. The molecule has 11 heteroatoms. The summed E-state index contributed by atoms with van der Waals surface area (Å²) in [5.41, 5.74) is -1.60. The largest absolute Gasteiger partial charge is 0.422 e. The van der Waals surface area contributed by atoms with Crippen molar-refractivity contribution in [3.8, 4) is 5.75 Å². The Hall–Kier alpha value is -3.13. The van der Waals surface area contributed by atoms with E-state index in [1.165, 1.54) is 0 Å². The summed E-state index contributed by atoms with van der Waals surface area (Å²) in [5, 5.41) is 77.6.